The lowest BCUT2D eigenvalue weighted by atomic mass is 9.33. The normalized spacial score (nSPS) is 26.5. The van der Waals surface area contributed by atoms with Crippen LogP contribution in [0.1, 0.15) is 139 Å². The van der Waals surface area contributed by atoms with Crippen molar-refractivity contribution in [3.8, 4) is 0 Å². The number of benzene rings is 7. The van der Waals surface area contributed by atoms with Crippen LogP contribution in [-0.2, 0) is 21.7 Å². The van der Waals surface area contributed by atoms with Crippen molar-refractivity contribution >= 4 is 62.9 Å². The fraction of sp³-hybridized carbons (Fsp3) is 0.333. The van der Waals surface area contributed by atoms with E-state index in [1.165, 1.54) is 135 Å². The Morgan fingerprint density at radius 3 is 1.48 bits per heavy atom. The fourth-order valence-corrected chi connectivity index (χ4v) is 15.9. The van der Waals surface area contributed by atoms with E-state index in [2.05, 4.69) is 215 Å². The second-order valence-electron chi connectivity index (χ2n) is 23.4. The number of nitrogens with zero attached hydrogens (tertiary/aromatic N) is 3. The Bertz CT molecular complexity index is 3130. The van der Waals surface area contributed by atoms with E-state index in [9.17, 15) is 0 Å². The van der Waals surface area contributed by atoms with Gasteiger partial charge in [-0.1, -0.05) is 188 Å². The molecule has 0 spiro atoms. The second-order valence-corrected chi connectivity index (χ2v) is 23.4. The van der Waals surface area contributed by atoms with E-state index in [1.807, 2.05) is 0 Å². The van der Waals surface area contributed by atoms with Crippen molar-refractivity contribution in [3.05, 3.63) is 191 Å². The van der Waals surface area contributed by atoms with Crippen molar-refractivity contribution in [2.75, 3.05) is 14.7 Å². The van der Waals surface area contributed by atoms with Crippen LogP contribution in [0.5, 0.6) is 0 Å². The molecule has 4 atom stereocenters. The maximum absolute atomic E-state index is 2.95. The molecule has 0 amide bonds. The molecule has 5 aliphatic heterocycles. The summed E-state index contributed by atoms with van der Waals surface area (Å²) in [6.45, 7) is 18.0. The van der Waals surface area contributed by atoms with Crippen LogP contribution in [0.4, 0.5) is 39.8 Å². The summed E-state index contributed by atoms with van der Waals surface area (Å²) in [5.41, 5.74) is 23.4. The molecule has 7 aliphatic rings. The van der Waals surface area contributed by atoms with Gasteiger partial charge in [0.05, 0.1) is 33.6 Å². The molecule has 0 radical (unpaired) electrons. The van der Waals surface area contributed by atoms with Gasteiger partial charge in [0.1, 0.15) is 0 Å². The zero-order valence-corrected chi connectivity index (χ0v) is 40.5. The monoisotopic (exact) mass is 872 g/mol. The Balaban J connectivity index is 1.12. The van der Waals surface area contributed by atoms with Crippen LogP contribution in [0.15, 0.2) is 152 Å². The van der Waals surface area contributed by atoms with Crippen LogP contribution in [0.25, 0.3) is 0 Å². The SMILES string of the molecule is CC(C)(C)c1cc2c3c(c1)C1(C)CCCCC1(C)N3c1cc(N3c4ccccc4C(c4ccccc4)(c4ccccc4)c4ccccc43)cc3c1B2c1cccc2c1N3C1(C)CCCCC21C. The van der Waals surface area contributed by atoms with Gasteiger partial charge in [-0.2, -0.15) is 0 Å². The Kier molecular flexibility index (Phi) is 7.88. The van der Waals surface area contributed by atoms with Gasteiger partial charge in [-0.15, -0.1) is 0 Å². The Hall–Kier alpha value is -6.00. The number of hydrogen-bond donors (Lipinski definition) is 0. The van der Waals surface area contributed by atoms with Crippen LogP contribution in [0.3, 0.4) is 0 Å². The third kappa shape index (κ3) is 4.67. The van der Waals surface area contributed by atoms with Gasteiger partial charge in [-0.3, -0.25) is 0 Å². The third-order valence-electron chi connectivity index (χ3n) is 19.5. The van der Waals surface area contributed by atoms with Crippen LogP contribution < -0.4 is 31.1 Å². The number of hydrogen-bond acceptors (Lipinski definition) is 3. The molecule has 2 fully saturated rings. The lowest BCUT2D eigenvalue weighted by Crippen LogP contribution is -2.66. The highest BCUT2D eigenvalue weighted by Crippen LogP contribution is 2.66. The molecule has 2 saturated carbocycles. The molecule has 4 unspecified atom stereocenters. The summed E-state index contributed by atoms with van der Waals surface area (Å²) in [6, 6.07) is 59.4. The van der Waals surface area contributed by atoms with E-state index >= 15 is 0 Å². The molecule has 2 aliphatic carbocycles. The van der Waals surface area contributed by atoms with Gasteiger partial charge >= 0.3 is 0 Å². The van der Waals surface area contributed by atoms with Crippen molar-refractivity contribution in [2.24, 2.45) is 0 Å². The van der Waals surface area contributed by atoms with Crippen LogP contribution in [-0.4, -0.2) is 17.8 Å². The van der Waals surface area contributed by atoms with E-state index in [0.717, 1.165) is 0 Å². The van der Waals surface area contributed by atoms with E-state index in [1.54, 1.807) is 11.1 Å². The molecule has 7 aromatic carbocycles. The van der Waals surface area contributed by atoms with Gasteiger partial charge < -0.3 is 14.7 Å². The zero-order valence-electron chi connectivity index (χ0n) is 40.5. The van der Waals surface area contributed by atoms with Crippen molar-refractivity contribution in [1.29, 1.82) is 0 Å². The van der Waals surface area contributed by atoms with Crippen molar-refractivity contribution in [3.63, 3.8) is 0 Å². The van der Waals surface area contributed by atoms with Gasteiger partial charge in [-0.25, -0.2) is 0 Å². The molecule has 0 bridgehead atoms. The molecule has 14 rings (SSSR count). The first kappa shape index (κ1) is 40.1. The summed E-state index contributed by atoms with van der Waals surface area (Å²) in [6.07, 6.45) is 9.86. The third-order valence-corrected chi connectivity index (χ3v) is 19.5. The predicted octanol–water partition coefficient (Wildman–Crippen LogP) is 13.8. The van der Waals surface area contributed by atoms with Gasteiger partial charge in [0.15, 0.2) is 0 Å². The molecule has 0 N–H and O–H groups in total. The predicted molar refractivity (Wildman–Crippen MR) is 282 cm³/mol. The lowest BCUT2D eigenvalue weighted by molar-refractivity contribution is 0.194. The van der Waals surface area contributed by atoms with Crippen molar-refractivity contribution in [1.82, 2.24) is 0 Å². The molecule has 5 heterocycles. The quantitative estimate of drug-likeness (QED) is 0.164. The van der Waals surface area contributed by atoms with Gasteiger partial charge in [0.25, 0.3) is 6.71 Å². The number of para-hydroxylation sites is 3. The minimum atomic E-state index is -0.523. The van der Waals surface area contributed by atoms with Crippen molar-refractivity contribution < 1.29 is 0 Å². The summed E-state index contributed by atoms with van der Waals surface area (Å²) in [4.78, 5) is 8.56. The van der Waals surface area contributed by atoms with Crippen LogP contribution in [0.2, 0.25) is 0 Å². The Morgan fingerprint density at radius 1 is 0.448 bits per heavy atom. The van der Waals surface area contributed by atoms with E-state index in [0.29, 0.717) is 0 Å². The van der Waals surface area contributed by atoms with Crippen LogP contribution in [0, 0.1) is 0 Å². The second kappa shape index (κ2) is 13.2. The van der Waals surface area contributed by atoms with Gasteiger partial charge in [-0.05, 0) is 125 Å². The first-order valence-electron chi connectivity index (χ1n) is 25.6. The zero-order chi connectivity index (χ0) is 45.5. The number of anilines is 7. The smallest absolute Gasteiger partial charge is 0.252 e. The minimum absolute atomic E-state index is 0.0115. The van der Waals surface area contributed by atoms with Gasteiger partial charge in [0.2, 0.25) is 0 Å². The van der Waals surface area contributed by atoms with Crippen LogP contribution >= 0.6 is 0 Å². The minimum Gasteiger partial charge on any atom is -0.335 e. The highest BCUT2D eigenvalue weighted by molar-refractivity contribution is 7.00. The fourth-order valence-electron chi connectivity index (χ4n) is 15.9. The number of rotatable bonds is 3. The topological polar surface area (TPSA) is 9.72 Å². The number of fused-ring (bicyclic) bond motifs is 12. The Morgan fingerprint density at radius 2 is 0.925 bits per heavy atom. The first-order chi connectivity index (χ1) is 32.4. The molecule has 4 heteroatoms. The van der Waals surface area contributed by atoms with E-state index in [4.69, 9.17) is 0 Å². The highest BCUT2D eigenvalue weighted by Gasteiger charge is 2.65. The average Bonchev–Trinajstić information content (AvgIpc) is 3.69. The molecule has 0 saturated heterocycles. The molecular weight excluding hydrogens is 810 g/mol. The van der Waals surface area contributed by atoms with Crippen molar-refractivity contribution in [2.45, 2.75) is 133 Å². The molecule has 67 heavy (non-hydrogen) atoms. The maximum Gasteiger partial charge on any atom is 0.252 e. The first-order valence-corrected chi connectivity index (χ1v) is 25.6. The van der Waals surface area contributed by atoms with E-state index < -0.39 is 5.41 Å². The lowest BCUT2D eigenvalue weighted by Gasteiger charge is -2.55. The molecule has 332 valence electrons. The summed E-state index contributed by atoms with van der Waals surface area (Å²) in [7, 11) is 0. The highest BCUT2D eigenvalue weighted by atomic mass is 15.3. The van der Waals surface area contributed by atoms with Gasteiger partial charge in [0, 0.05) is 33.6 Å². The molecule has 7 aromatic rings. The molecule has 0 aromatic heterocycles. The largest absolute Gasteiger partial charge is 0.335 e. The summed E-state index contributed by atoms with van der Waals surface area (Å²) >= 11 is 0. The van der Waals surface area contributed by atoms with E-state index in [-0.39, 0.29) is 34.0 Å². The molecular formula is C63H62BN3. The summed E-state index contributed by atoms with van der Waals surface area (Å²) < 4.78 is 0. The molecule has 3 nitrogen and oxygen atoms in total. The Labute approximate surface area is 398 Å². The standard InChI is InChI=1S/C63H62BN3/c1-58(2,3)43-37-48-57-50(38-43)64-49-30-22-29-47-56(49)66(61(6)35-20-18-33-59(47,61)4)53-39-44(40-54(55(53)64)67(57)62(7)36-21-19-34-60(48,62)5)65-51-31-16-14-27-45(51)63(41-23-10-8-11-24-41,42-25-12-9-13-26-42)46-28-15-17-32-52(46)65/h8-17,22-32,37-40H,18-21,33-36H2,1-7H3. The maximum atomic E-state index is 2.95. The summed E-state index contributed by atoms with van der Waals surface area (Å²) in [5, 5.41) is 0. The average molecular weight is 872 g/mol. The summed E-state index contributed by atoms with van der Waals surface area (Å²) in [5.74, 6) is 0.